The van der Waals surface area contributed by atoms with E-state index < -0.39 is 18.0 Å². The summed E-state index contributed by atoms with van der Waals surface area (Å²) in [5, 5.41) is 5.63. The number of esters is 1. The number of amides is 2. The van der Waals surface area contributed by atoms with Gasteiger partial charge in [-0.05, 0) is 91.6 Å². The SMILES string of the molecule is CCOC(=O)C1=C(c2ccc(OC)cc2)NC(=O)NC1c1ccc(Oc2ccc(C)c(C)c2)cc1. The van der Waals surface area contributed by atoms with E-state index in [0.717, 1.165) is 16.9 Å². The molecule has 0 fully saturated rings. The number of benzene rings is 3. The maximum atomic E-state index is 13.0. The van der Waals surface area contributed by atoms with Gasteiger partial charge in [-0.25, -0.2) is 9.59 Å². The molecule has 3 aromatic rings. The van der Waals surface area contributed by atoms with Crippen LogP contribution in [0.15, 0.2) is 72.3 Å². The van der Waals surface area contributed by atoms with Crippen LogP contribution in [0.3, 0.4) is 0 Å². The third-order valence-corrected chi connectivity index (χ3v) is 5.87. The van der Waals surface area contributed by atoms with Crippen molar-refractivity contribution in [2.24, 2.45) is 0 Å². The monoisotopic (exact) mass is 472 g/mol. The summed E-state index contributed by atoms with van der Waals surface area (Å²) >= 11 is 0. The topological polar surface area (TPSA) is 85.9 Å². The number of aryl methyl sites for hydroxylation is 2. The highest BCUT2D eigenvalue weighted by Gasteiger charge is 2.34. The average molecular weight is 473 g/mol. The van der Waals surface area contributed by atoms with Gasteiger partial charge >= 0.3 is 12.0 Å². The summed E-state index contributed by atoms with van der Waals surface area (Å²) in [4.78, 5) is 25.6. The molecular weight excluding hydrogens is 444 g/mol. The second kappa shape index (κ2) is 10.3. The van der Waals surface area contributed by atoms with Crippen LogP contribution in [-0.2, 0) is 9.53 Å². The van der Waals surface area contributed by atoms with E-state index in [1.165, 1.54) is 5.56 Å². The fourth-order valence-electron chi connectivity index (χ4n) is 3.87. The van der Waals surface area contributed by atoms with Gasteiger partial charge in [-0.3, -0.25) is 0 Å². The molecule has 2 N–H and O–H groups in total. The minimum absolute atomic E-state index is 0.210. The van der Waals surface area contributed by atoms with Gasteiger partial charge in [-0.1, -0.05) is 18.2 Å². The van der Waals surface area contributed by atoms with Gasteiger partial charge in [0.1, 0.15) is 17.2 Å². The van der Waals surface area contributed by atoms with Gasteiger partial charge in [0, 0.05) is 0 Å². The zero-order valence-corrected chi connectivity index (χ0v) is 20.2. The number of carbonyl (C=O) groups excluding carboxylic acids is 2. The summed E-state index contributed by atoms with van der Waals surface area (Å²) in [5.74, 6) is 1.55. The third kappa shape index (κ3) is 5.30. The Morgan fingerprint density at radius 3 is 2.17 bits per heavy atom. The number of ether oxygens (including phenoxy) is 3. The first-order valence-electron chi connectivity index (χ1n) is 11.4. The molecule has 0 bridgehead atoms. The summed E-state index contributed by atoms with van der Waals surface area (Å²) in [6, 6.07) is 19.2. The Morgan fingerprint density at radius 1 is 0.886 bits per heavy atom. The fraction of sp³-hybridized carbons (Fsp3) is 0.214. The predicted octanol–water partition coefficient (Wildman–Crippen LogP) is 5.43. The van der Waals surface area contributed by atoms with Crippen LogP contribution in [0.25, 0.3) is 5.70 Å². The molecule has 7 heteroatoms. The van der Waals surface area contributed by atoms with Crippen LogP contribution >= 0.6 is 0 Å². The summed E-state index contributed by atoms with van der Waals surface area (Å²) in [7, 11) is 1.58. The zero-order chi connectivity index (χ0) is 24.9. The first kappa shape index (κ1) is 23.9. The van der Waals surface area contributed by atoms with Crippen molar-refractivity contribution in [2.45, 2.75) is 26.8 Å². The average Bonchev–Trinajstić information content (AvgIpc) is 2.86. The van der Waals surface area contributed by atoms with Crippen LogP contribution in [0.1, 0.15) is 35.2 Å². The molecule has 180 valence electrons. The van der Waals surface area contributed by atoms with Crippen molar-refractivity contribution < 1.29 is 23.8 Å². The molecular formula is C28H28N2O5. The minimum atomic E-state index is -0.699. The van der Waals surface area contributed by atoms with Gasteiger partial charge in [-0.2, -0.15) is 0 Å². The largest absolute Gasteiger partial charge is 0.497 e. The molecule has 1 unspecified atom stereocenters. The van der Waals surface area contributed by atoms with Crippen molar-refractivity contribution in [1.82, 2.24) is 10.6 Å². The molecule has 1 aliphatic rings. The number of methoxy groups -OCH3 is 1. The van der Waals surface area contributed by atoms with E-state index in [4.69, 9.17) is 14.2 Å². The second-order valence-corrected chi connectivity index (χ2v) is 8.19. The number of rotatable bonds is 7. The van der Waals surface area contributed by atoms with Crippen LogP contribution in [0.4, 0.5) is 4.79 Å². The van der Waals surface area contributed by atoms with E-state index in [-0.39, 0.29) is 6.61 Å². The Bertz CT molecular complexity index is 1260. The number of hydrogen-bond acceptors (Lipinski definition) is 5. The highest BCUT2D eigenvalue weighted by Crippen LogP contribution is 2.34. The molecule has 35 heavy (non-hydrogen) atoms. The van der Waals surface area contributed by atoms with E-state index in [1.807, 2.05) is 49.4 Å². The van der Waals surface area contributed by atoms with E-state index >= 15 is 0 Å². The van der Waals surface area contributed by atoms with Gasteiger partial charge in [0.2, 0.25) is 0 Å². The molecule has 0 aliphatic carbocycles. The normalized spacial score (nSPS) is 15.2. The van der Waals surface area contributed by atoms with Gasteiger partial charge in [0.15, 0.2) is 0 Å². The Hall–Kier alpha value is -4.26. The van der Waals surface area contributed by atoms with Crippen molar-refractivity contribution in [3.8, 4) is 17.2 Å². The smallest absolute Gasteiger partial charge is 0.338 e. The van der Waals surface area contributed by atoms with Crippen molar-refractivity contribution in [3.05, 3.63) is 94.6 Å². The molecule has 1 heterocycles. The summed E-state index contributed by atoms with van der Waals surface area (Å²) in [6.07, 6.45) is 0. The lowest BCUT2D eigenvalue weighted by Gasteiger charge is -2.29. The predicted molar refractivity (Wildman–Crippen MR) is 133 cm³/mol. The summed E-state index contributed by atoms with van der Waals surface area (Å²) in [5.41, 5.74) is 4.45. The Labute approximate surface area is 204 Å². The van der Waals surface area contributed by atoms with Gasteiger partial charge in [-0.15, -0.1) is 0 Å². The number of urea groups is 1. The van der Waals surface area contributed by atoms with Crippen molar-refractivity contribution in [1.29, 1.82) is 0 Å². The first-order valence-corrected chi connectivity index (χ1v) is 11.4. The Morgan fingerprint density at radius 2 is 1.54 bits per heavy atom. The van der Waals surface area contributed by atoms with Crippen molar-refractivity contribution in [2.75, 3.05) is 13.7 Å². The maximum absolute atomic E-state index is 13.0. The number of nitrogens with one attached hydrogen (secondary N) is 2. The van der Waals surface area contributed by atoms with E-state index in [1.54, 1.807) is 38.3 Å². The first-order chi connectivity index (χ1) is 16.9. The third-order valence-electron chi connectivity index (χ3n) is 5.87. The lowest BCUT2D eigenvalue weighted by molar-refractivity contribution is -0.138. The number of carbonyl (C=O) groups is 2. The standard InChI is InChI=1S/C28H28N2O5/c1-5-34-27(31)24-25(19-7-12-21(33-4)13-8-19)29-28(32)30-26(24)20-9-14-22(15-10-20)35-23-11-6-17(2)18(3)16-23/h6-16,26H,5H2,1-4H3,(H2,29,30,32). The summed E-state index contributed by atoms with van der Waals surface area (Å²) in [6.45, 7) is 6.04. The Kier molecular flexibility index (Phi) is 7.06. The summed E-state index contributed by atoms with van der Waals surface area (Å²) < 4.78 is 16.6. The van der Waals surface area contributed by atoms with Crippen LogP contribution in [0.5, 0.6) is 17.2 Å². The quantitative estimate of drug-likeness (QED) is 0.448. The molecule has 3 aromatic carbocycles. The van der Waals surface area contributed by atoms with Crippen molar-refractivity contribution >= 4 is 17.7 Å². The Balaban J connectivity index is 1.69. The lowest BCUT2D eigenvalue weighted by Crippen LogP contribution is -2.45. The second-order valence-electron chi connectivity index (χ2n) is 8.19. The van der Waals surface area contributed by atoms with Gasteiger partial charge in [0.25, 0.3) is 0 Å². The molecule has 0 aromatic heterocycles. The van der Waals surface area contributed by atoms with Crippen LogP contribution in [-0.4, -0.2) is 25.7 Å². The van der Waals surface area contributed by atoms with Crippen LogP contribution < -0.4 is 20.1 Å². The molecule has 1 aliphatic heterocycles. The molecule has 0 saturated heterocycles. The number of hydrogen-bond donors (Lipinski definition) is 2. The van der Waals surface area contributed by atoms with E-state index in [0.29, 0.717) is 28.3 Å². The van der Waals surface area contributed by atoms with Crippen LogP contribution in [0, 0.1) is 13.8 Å². The van der Waals surface area contributed by atoms with Gasteiger partial charge in [0.05, 0.1) is 31.0 Å². The van der Waals surface area contributed by atoms with E-state index in [9.17, 15) is 9.59 Å². The minimum Gasteiger partial charge on any atom is -0.497 e. The van der Waals surface area contributed by atoms with Crippen LogP contribution in [0.2, 0.25) is 0 Å². The maximum Gasteiger partial charge on any atom is 0.338 e. The molecule has 0 radical (unpaired) electrons. The molecule has 2 amide bonds. The van der Waals surface area contributed by atoms with Gasteiger partial charge < -0.3 is 24.8 Å². The fourth-order valence-corrected chi connectivity index (χ4v) is 3.87. The van der Waals surface area contributed by atoms with Crippen molar-refractivity contribution in [3.63, 3.8) is 0 Å². The molecule has 0 spiro atoms. The molecule has 4 rings (SSSR count). The zero-order valence-electron chi connectivity index (χ0n) is 20.2. The lowest BCUT2D eigenvalue weighted by atomic mass is 9.92. The highest BCUT2D eigenvalue weighted by molar-refractivity contribution is 6.04. The molecule has 0 saturated carbocycles. The molecule has 7 nitrogen and oxygen atoms in total. The molecule has 1 atom stereocenters. The highest BCUT2D eigenvalue weighted by atomic mass is 16.5. The van der Waals surface area contributed by atoms with E-state index in [2.05, 4.69) is 17.6 Å².